The van der Waals surface area contributed by atoms with Crippen molar-refractivity contribution >= 4 is 5.91 Å². The second-order valence-electron chi connectivity index (χ2n) is 3.72. The SMILES string of the molecule is C[C@@H](CN)NC(=O)c1ccc(C(F)(F)F)[nH]c1=O. The summed E-state index contributed by atoms with van der Waals surface area (Å²) in [5, 5.41) is 2.38. The number of halogens is 3. The molecular formula is C10H12F3N3O2. The molecule has 0 radical (unpaired) electrons. The minimum absolute atomic E-state index is 0.157. The highest BCUT2D eigenvalue weighted by molar-refractivity contribution is 5.93. The van der Waals surface area contributed by atoms with Gasteiger partial charge in [-0.2, -0.15) is 13.2 Å². The van der Waals surface area contributed by atoms with Crippen molar-refractivity contribution in [2.75, 3.05) is 6.54 Å². The summed E-state index contributed by atoms with van der Waals surface area (Å²) in [7, 11) is 0. The van der Waals surface area contributed by atoms with Gasteiger partial charge in [-0.25, -0.2) is 0 Å². The van der Waals surface area contributed by atoms with E-state index in [4.69, 9.17) is 5.73 Å². The predicted molar refractivity (Wildman–Crippen MR) is 58.0 cm³/mol. The summed E-state index contributed by atoms with van der Waals surface area (Å²) in [5.41, 5.74) is 2.59. The largest absolute Gasteiger partial charge is 0.431 e. The molecule has 0 aliphatic heterocycles. The van der Waals surface area contributed by atoms with E-state index in [0.29, 0.717) is 6.07 Å². The quantitative estimate of drug-likeness (QED) is 0.740. The summed E-state index contributed by atoms with van der Waals surface area (Å²) >= 11 is 0. The first-order valence-corrected chi connectivity index (χ1v) is 5.07. The summed E-state index contributed by atoms with van der Waals surface area (Å²) < 4.78 is 36.8. The molecule has 0 aliphatic carbocycles. The van der Waals surface area contributed by atoms with Crippen LogP contribution in [0.4, 0.5) is 13.2 Å². The highest BCUT2D eigenvalue weighted by Crippen LogP contribution is 2.26. The molecule has 100 valence electrons. The number of alkyl halides is 3. The maximum absolute atomic E-state index is 12.3. The molecule has 0 aromatic carbocycles. The first-order valence-electron chi connectivity index (χ1n) is 5.07. The van der Waals surface area contributed by atoms with Crippen LogP contribution in [0, 0.1) is 0 Å². The van der Waals surface area contributed by atoms with Crippen molar-refractivity contribution in [2.45, 2.75) is 19.1 Å². The van der Waals surface area contributed by atoms with E-state index >= 15 is 0 Å². The fraction of sp³-hybridized carbons (Fsp3) is 0.400. The molecule has 4 N–H and O–H groups in total. The summed E-state index contributed by atoms with van der Waals surface area (Å²) in [6, 6.07) is 1.10. The molecule has 8 heteroatoms. The van der Waals surface area contributed by atoms with Gasteiger partial charge in [0, 0.05) is 12.6 Å². The Morgan fingerprint density at radius 3 is 2.56 bits per heavy atom. The van der Waals surface area contributed by atoms with Crippen LogP contribution in [-0.2, 0) is 6.18 Å². The number of rotatable bonds is 3. The Balaban J connectivity index is 3.00. The topological polar surface area (TPSA) is 88.0 Å². The van der Waals surface area contributed by atoms with Gasteiger partial charge in [-0.1, -0.05) is 0 Å². The van der Waals surface area contributed by atoms with Crippen LogP contribution in [0.5, 0.6) is 0 Å². The van der Waals surface area contributed by atoms with Crippen molar-refractivity contribution in [3.63, 3.8) is 0 Å². The van der Waals surface area contributed by atoms with E-state index in [1.165, 1.54) is 0 Å². The molecule has 1 amide bonds. The van der Waals surface area contributed by atoms with Gasteiger partial charge in [-0.15, -0.1) is 0 Å². The molecule has 0 bridgehead atoms. The summed E-state index contributed by atoms with van der Waals surface area (Å²) in [6.07, 6.45) is -4.65. The molecule has 0 saturated carbocycles. The van der Waals surface area contributed by atoms with Gasteiger partial charge in [0.15, 0.2) is 0 Å². The molecule has 0 unspecified atom stereocenters. The van der Waals surface area contributed by atoms with Crippen LogP contribution in [0.3, 0.4) is 0 Å². The lowest BCUT2D eigenvalue weighted by Crippen LogP contribution is -2.40. The van der Waals surface area contributed by atoms with Crippen LogP contribution in [-0.4, -0.2) is 23.5 Å². The second kappa shape index (κ2) is 5.21. The lowest BCUT2D eigenvalue weighted by atomic mass is 10.2. The fourth-order valence-electron chi connectivity index (χ4n) is 1.18. The molecule has 0 aliphatic rings. The number of amides is 1. The number of carbonyl (C=O) groups excluding carboxylic acids is 1. The molecule has 1 rings (SSSR count). The molecule has 1 aromatic heterocycles. The highest BCUT2D eigenvalue weighted by Gasteiger charge is 2.32. The normalized spacial score (nSPS) is 13.2. The Morgan fingerprint density at radius 1 is 1.50 bits per heavy atom. The van der Waals surface area contributed by atoms with Crippen LogP contribution in [0.25, 0.3) is 0 Å². The van der Waals surface area contributed by atoms with Gasteiger partial charge in [0.05, 0.1) is 0 Å². The Morgan fingerprint density at radius 2 is 2.11 bits per heavy atom. The van der Waals surface area contributed by atoms with Crippen molar-refractivity contribution in [1.82, 2.24) is 10.3 Å². The van der Waals surface area contributed by atoms with Gasteiger partial charge in [-0.05, 0) is 19.1 Å². The van der Waals surface area contributed by atoms with Gasteiger partial charge >= 0.3 is 6.18 Å². The zero-order valence-electron chi connectivity index (χ0n) is 9.47. The average Bonchev–Trinajstić information content (AvgIpc) is 2.27. The first-order chi connectivity index (χ1) is 8.25. The van der Waals surface area contributed by atoms with Gasteiger partial charge < -0.3 is 16.0 Å². The number of pyridine rings is 1. The second-order valence-corrected chi connectivity index (χ2v) is 3.72. The third kappa shape index (κ3) is 3.33. The highest BCUT2D eigenvalue weighted by atomic mass is 19.4. The smallest absolute Gasteiger partial charge is 0.348 e. The van der Waals surface area contributed by atoms with Crippen LogP contribution in [0.15, 0.2) is 16.9 Å². The first kappa shape index (κ1) is 14.2. The van der Waals surface area contributed by atoms with Crippen molar-refractivity contribution in [1.29, 1.82) is 0 Å². The number of hydrogen-bond donors (Lipinski definition) is 3. The van der Waals surface area contributed by atoms with Gasteiger partial charge in [0.25, 0.3) is 11.5 Å². The Bertz CT molecular complexity index is 496. The molecule has 1 heterocycles. The average molecular weight is 263 g/mol. The monoisotopic (exact) mass is 263 g/mol. The molecule has 1 aromatic rings. The van der Waals surface area contributed by atoms with Crippen molar-refractivity contribution in [3.8, 4) is 0 Å². The van der Waals surface area contributed by atoms with Crippen LogP contribution >= 0.6 is 0 Å². The van der Waals surface area contributed by atoms with Gasteiger partial charge in [-0.3, -0.25) is 9.59 Å². The molecule has 0 saturated heterocycles. The van der Waals surface area contributed by atoms with Crippen molar-refractivity contribution in [3.05, 3.63) is 33.7 Å². The van der Waals surface area contributed by atoms with E-state index in [0.717, 1.165) is 6.07 Å². The van der Waals surface area contributed by atoms with Crippen molar-refractivity contribution in [2.24, 2.45) is 5.73 Å². The third-order valence-electron chi connectivity index (χ3n) is 2.19. The standard InChI is InChI=1S/C10H12F3N3O2/c1-5(4-14)15-8(17)6-2-3-7(10(11,12)13)16-9(6)18/h2-3,5H,4,14H2,1H3,(H,15,17)(H,16,18)/t5-/m0/s1. The van der Waals surface area contributed by atoms with Crippen LogP contribution in [0.2, 0.25) is 0 Å². The minimum atomic E-state index is -4.65. The zero-order chi connectivity index (χ0) is 13.9. The van der Waals surface area contributed by atoms with Crippen LogP contribution < -0.4 is 16.6 Å². The van der Waals surface area contributed by atoms with E-state index in [1.54, 1.807) is 11.9 Å². The number of carbonyl (C=O) groups is 1. The number of hydrogen-bond acceptors (Lipinski definition) is 3. The number of nitrogens with one attached hydrogen (secondary N) is 2. The van der Waals surface area contributed by atoms with Crippen LogP contribution in [0.1, 0.15) is 23.0 Å². The Kier molecular flexibility index (Phi) is 4.12. The maximum atomic E-state index is 12.3. The van der Waals surface area contributed by atoms with E-state index in [2.05, 4.69) is 5.32 Å². The van der Waals surface area contributed by atoms with Gasteiger partial charge in [0.1, 0.15) is 11.3 Å². The van der Waals surface area contributed by atoms with Gasteiger partial charge in [0.2, 0.25) is 0 Å². The summed E-state index contributed by atoms with van der Waals surface area (Å²) in [6.45, 7) is 1.76. The van der Waals surface area contributed by atoms with E-state index in [-0.39, 0.29) is 18.2 Å². The molecule has 5 nitrogen and oxygen atoms in total. The molecule has 18 heavy (non-hydrogen) atoms. The fourth-order valence-corrected chi connectivity index (χ4v) is 1.18. The molecule has 1 atom stereocenters. The minimum Gasteiger partial charge on any atom is -0.348 e. The molecular weight excluding hydrogens is 251 g/mol. The maximum Gasteiger partial charge on any atom is 0.431 e. The summed E-state index contributed by atoms with van der Waals surface area (Å²) in [5.74, 6) is -0.761. The lowest BCUT2D eigenvalue weighted by Gasteiger charge is -2.11. The van der Waals surface area contributed by atoms with E-state index in [9.17, 15) is 22.8 Å². The van der Waals surface area contributed by atoms with E-state index < -0.39 is 23.3 Å². The number of H-pyrrole nitrogens is 1. The van der Waals surface area contributed by atoms with Crippen molar-refractivity contribution < 1.29 is 18.0 Å². The zero-order valence-corrected chi connectivity index (χ0v) is 9.47. The Hall–Kier alpha value is -1.83. The lowest BCUT2D eigenvalue weighted by molar-refractivity contribution is -0.141. The third-order valence-corrected chi connectivity index (χ3v) is 2.19. The van der Waals surface area contributed by atoms with E-state index in [1.807, 2.05) is 0 Å². The number of aromatic amines is 1. The molecule has 0 spiro atoms. The predicted octanol–water partition coefficient (Wildman–Crippen LogP) is 0.471. The number of nitrogens with two attached hydrogens (primary N) is 1. The number of aromatic nitrogens is 1. The summed E-state index contributed by atoms with van der Waals surface area (Å²) in [4.78, 5) is 24.5. The Labute approximate surface area is 100 Å². The molecule has 0 fully saturated rings.